The number of aliphatic hydroxyl groups excluding tert-OH is 1. The van der Waals surface area contributed by atoms with Crippen LogP contribution in [0.3, 0.4) is 0 Å². The number of benzene rings is 2. The van der Waals surface area contributed by atoms with Gasteiger partial charge in [0.1, 0.15) is 11.8 Å². The van der Waals surface area contributed by atoms with E-state index in [2.05, 4.69) is 4.79 Å². The molecule has 0 bridgehead atoms. The summed E-state index contributed by atoms with van der Waals surface area (Å²) in [4.78, 5) is 3.40. The molecule has 1 unspecified atom stereocenters. The maximum atomic E-state index is 10.5. The van der Waals surface area contributed by atoms with E-state index in [9.17, 15) is 10.6 Å². The molecule has 0 saturated heterocycles. The summed E-state index contributed by atoms with van der Waals surface area (Å²) in [5, 5.41) is 10.5. The van der Waals surface area contributed by atoms with E-state index in [1.807, 2.05) is 61.5 Å². The maximum Gasteiger partial charge on any atom is 0.321 e. The fraction of sp³-hybridized carbons (Fsp3) is 0.105. The highest BCUT2D eigenvalue weighted by molar-refractivity contribution is 6.29. The van der Waals surface area contributed by atoms with E-state index >= 15 is 0 Å². The highest BCUT2D eigenvalue weighted by Crippen LogP contribution is 2.32. The van der Waals surface area contributed by atoms with Gasteiger partial charge in [-0.15, -0.1) is 0 Å². The summed E-state index contributed by atoms with van der Waals surface area (Å²) in [5.74, 6) is 0.0895. The monoisotopic (exact) mass is 303 g/mol. The Balaban J connectivity index is 2.17. The van der Waals surface area contributed by atoms with Crippen LogP contribution < -0.4 is 5.73 Å². The zero-order chi connectivity index (χ0) is 16.4. The van der Waals surface area contributed by atoms with Crippen LogP contribution in [0.2, 0.25) is 0 Å². The summed E-state index contributed by atoms with van der Waals surface area (Å²) in [6, 6.07) is 16.4. The molecule has 1 atom stereocenters. The van der Waals surface area contributed by atoms with Gasteiger partial charge in [0, 0.05) is 5.57 Å². The van der Waals surface area contributed by atoms with Crippen LogP contribution in [-0.2, 0) is 0 Å². The van der Waals surface area contributed by atoms with Crippen molar-refractivity contribution in [2.45, 2.75) is 13.0 Å². The molecular weight excluding hydrogens is 286 g/mol. The van der Waals surface area contributed by atoms with Crippen molar-refractivity contribution in [3.8, 4) is 0 Å². The van der Waals surface area contributed by atoms with E-state index in [1.54, 1.807) is 6.08 Å². The first kappa shape index (κ1) is 15.0. The van der Waals surface area contributed by atoms with Crippen molar-refractivity contribution >= 4 is 16.9 Å². The van der Waals surface area contributed by atoms with Gasteiger partial charge in [0.25, 0.3) is 0 Å². The first-order chi connectivity index (χ1) is 11.1. The molecule has 2 aromatic rings. The Morgan fingerprint density at radius 3 is 2.26 bits per heavy atom. The number of hydrogen-bond donors (Lipinski definition) is 2. The lowest BCUT2D eigenvalue weighted by Gasteiger charge is -2.20. The minimum Gasteiger partial charge on any atom is -0.508 e. The third-order valence-corrected chi connectivity index (χ3v) is 3.99. The summed E-state index contributed by atoms with van der Waals surface area (Å²) >= 11 is 0. The standard InChI is InChI=1S/C19H17N3O/c1-12-7-9-13(10-8-12)15-11-16(23)17(18(20)19(15)22-21)14-5-3-2-4-6-14/h2-11,18,23H,20H2,1H3. The van der Waals surface area contributed by atoms with Crippen LogP contribution in [0, 0.1) is 6.92 Å². The Hall–Kier alpha value is -2.94. The van der Waals surface area contributed by atoms with Crippen LogP contribution in [0.1, 0.15) is 16.7 Å². The van der Waals surface area contributed by atoms with Crippen molar-refractivity contribution in [3.05, 3.63) is 88.7 Å². The first-order valence-corrected chi connectivity index (χ1v) is 7.37. The molecule has 0 heterocycles. The normalized spacial score (nSPS) is 17.7. The van der Waals surface area contributed by atoms with Crippen LogP contribution in [0.25, 0.3) is 16.7 Å². The Bertz CT molecular complexity index is 842. The second kappa shape index (κ2) is 6.05. The van der Waals surface area contributed by atoms with E-state index in [1.165, 1.54) is 0 Å². The highest BCUT2D eigenvalue weighted by atomic mass is 16.3. The Labute approximate surface area is 134 Å². The summed E-state index contributed by atoms with van der Waals surface area (Å²) in [5.41, 5.74) is 20.0. The molecule has 2 aromatic carbocycles. The zero-order valence-electron chi connectivity index (χ0n) is 12.8. The predicted octanol–water partition coefficient (Wildman–Crippen LogP) is 3.36. The molecule has 0 fully saturated rings. The molecule has 3 N–H and O–H groups in total. The Morgan fingerprint density at radius 1 is 1.00 bits per heavy atom. The van der Waals surface area contributed by atoms with E-state index in [0.29, 0.717) is 16.9 Å². The molecule has 0 saturated carbocycles. The second-order valence-corrected chi connectivity index (χ2v) is 5.55. The average Bonchev–Trinajstić information content (AvgIpc) is 2.56. The van der Waals surface area contributed by atoms with Crippen LogP contribution in [-0.4, -0.2) is 21.6 Å². The predicted molar refractivity (Wildman–Crippen MR) is 91.7 cm³/mol. The molecule has 0 amide bonds. The van der Waals surface area contributed by atoms with Crippen molar-refractivity contribution in [2.75, 3.05) is 0 Å². The van der Waals surface area contributed by atoms with Gasteiger partial charge in [0.05, 0.1) is 5.57 Å². The third-order valence-electron chi connectivity index (χ3n) is 3.99. The van der Waals surface area contributed by atoms with Crippen LogP contribution >= 0.6 is 0 Å². The van der Waals surface area contributed by atoms with E-state index in [4.69, 9.17) is 5.73 Å². The molecule has 4 heteroatoms. The molecule has 1 aliphatic rings. The van der Waals surface area contributed by atoms with E-state index in [0.717, 1.165) is 16.7 Å². The molecule has 0 aliphatic heterocycles. The smallest absolute Gasteiger partial charge is 0.321 e. The molecule has 0 radical (unpaired) electrons. The molecule has 23 heavy (non-hydrogen) atoms. The lowest BCUT2D eigenvalue weighted by molar-refractivity contribution is -0.00559. The highest BCUT2D eigenvalue weighted by Gasteiger charge is 2.35. The second-order valence-electron chi connectivity index (χ2n) is 5.55. The molecule has 4 nitrogen and oxygen atoms in total. The molecule has 114 valence electrons. The largest absolute Gasteiger partial charge is 0.508 e. The lowest BCUT2D eigenvalue weighted by Crippen LogP contribution is -2.36. The van der Waals surface area contributed by atoms with Crippen molar-refractivity contribution in [1.29, 1.82) is 0 Å². The quantitative estimate of drug-likeness (QED) is 0.658. The summed E-state index contributed by atoms with van der Waals surface area (Å²) in [7, 11) is 0. The number of hydrogen-bond acceptors (Lipinski definition) is 2. The van der Waals surface area contributed by atoms with Gasteiger partial charge in [0.15, 0.2) is 0 Å². The van der Waals surface area contributed by atoms with Crippen LogP contribution in [0.4, 0.5) is 0 Å². The summed E-state index contributed by atoms with van der Waals surface area (Å²) < 4.78 is 0. The number of allylic oxidation sites excluding steroid dienone is 1. The summed E-state index contributed by atoms with van der Waals surface area (Å²) in [6.45, 7) is 2.00. The maximum absolute atomic E-state index is 10.5. The number of aryl methyl sites for hydroxylation is 1. The molecule has 0 spiro atoms. The third kappa shape index (κ3) is 2.73. The first-order valence-electron chi connectivity index (χ1n) is 7.37. The summed E-state index contributed by atoms with van der Waals surface area (Å²) in [6.07, 6.45) is 1.60. The molecule has 0 aromatic heterocycles. The average molecular weight is 303 g/mol. The van der Waals surface area contributed by atoms with Crippen molar-refractivity contribution in [3.63, 3.8) is 0 Å². The topological polar surface area (TPSA) is 82.7 Å². The number of nitrogens with zero attached hydrogens (tertiary/aromatic N) is 2. The number of aliphatic hydroxyl groups is 1. The van der Waals surface area contributed by atoms with Crippen molar-refractivity contribution < 1.29 is 9.90 Å². The van der Waals surface area contributed by atoms with Gasteiger partial charge >= 0.3 is 5.71 Å². The van der Waals surface area contributed by atoms with E-state index in [-0.39, 0.29) is 5.76 Å². The lowest BCUT2D eigenvalue weighted by atomic mass is 9.84. The van der Waals surface area contributed by atoms with Gasteiger partial charge < -0.3 is 16.4 Å². The van der Waals surface area contributed by atoms with Gasteiger partial charge in [-0.1, -0.05) is 60.2 Å². The zero-order valence-corrected chi connectivity index (χ0v) is 12.8. The van der Waals surface area contributed by atoms with E-state index < -0.39 is 6.04 Å². The fourth-order valence-electron chi connectivity index (χ4n) is 2.78. The fourth-order valence-corrected chi connectivity index (χ4v) is 2.78. The van der Waals surface area contributed by atoms with Gasteiger partial charge in [-0.3, -0.25) is 0 Å². The van der Waals surface area contributed by atoms with Crippen LogP contribution in [0.5, 0.6) is 0 Å². The van der Waals surface area contributed by atoms with Gasteiger partial charge in [-0.05, 0) is 24.1 Å². The molecular formula is C19H17N3O. The Morgan fingerprint density at radius 2 is 1.65 bits per heavy atom. The number of rotatable bonds is 2. The van der Waals surface area contributed by atoms with Gasteiger partial charge in [0.2, 0.25) is 0 Å². The Kier molecular flexibility index (Phi) is 3.94. The van der Waals surface area contributed by atoms with Crippen molar-refractivity contribution in [2.24, 2.45) is 5.73 Å². The molecule has 3 rings (SSSR count). The molecule has 1 aliphatic carbocycles. The SMILES string of the molecule is Cc1ccc(C2=CC(O)=C(c3ccccc3)C(N)C2=[N+]=[N-])cc1. The van der Waals surface area contributed by atoms with Crippen LogP contribution in [0.15, 0.2) is 66.4 Å². The van der Waals surface area contributed by atoms with Gasteiger partial charge in [-0.2, -0.15) is 4.79 Å². The van der Waals surface area contributed by atoms with Gasteiger partial charge in [-0.25, -0.2) is 0 Å². The van der Waals surface area contributed by atoms with Crippen molar-refractivity contribution in [1.82, 2.24) is 0 Å². The number of nitrogens with two attached hydrogens (primary N) is 1. The minimum absolute atomic E-state index is 0.0895. The minimum atomic E-state index is -0.705.